The van der Waals surface area contributed by atoms with Crippen molar-refractivity contribution in [3.63, 3.8) is 0 Å². The van der Waals surface area contributed by atoms with Gasteiger partial charge in [-0.25, -0.2) is 8.78 Å². The van der Waals surface area contributed by atoms with Crippen molar-refractivity contribution in [3.05, 3.63) is 59.7 Å². The van der Waals surface area contributed by atoms with Crippen molar-refractivity contribution in [2.45, 2.75) is 6.18 Å². The minimum atomic E-state index is -4.47. The van der Waals surface area contributed by atoms with Gasteiger partial charge in [-0.05, 0) is 30.3 Å². The third-order valence-electron chi connectivity index (χ3n) is 2.40. The fraction of sp³-hybridized carbons (Fsp3) is 0.0769. The maximum Gasteiger partial charge on any atom is 0.416 e. The maximum absolute atomic E-state index is 13.3. The van der Waals surface area contributed by atoms with Gasteiger partial charge in [0.1, 0.15) is 11.6 Å². The van der Waals surface area contributed by atoms with Gasteiger partial charge in [0, 0.05) is 11.8 Å². The summed E-state index contributed by atoms with van der Waals surface area (Å²) >= 11 is 0. The Hall–Kier alpha value is -2.11. The summed E-state index contributed by atoms with van der Waals surface area (Å²) in [6.45, 7) is 0. The summed E-state index contributed by atoms with van der Waals surface area (Å²) in [7, 11) is 0. The molecule has 2 aromatic carbocycles. The van der Waals surface area contributed by atoms with E-state index in [0.717, 1.165) is 24.3 Å². The van der Waals surface area contributed by atoms with Crippen LogP contribution in [-0.4, -0.2) is 0 Å². The highest BCUT2D eigenvalue weighted by atomic mass is 19.4. The zero-order chi connectivity index (χ0) is 14.0. The Morgan fingerprint density at radius 2 is 1.63 bits per heavy atom. The van der Waals surface area contributed by atoms with Gasteiger partial charge in [0.2, 0.25) is 0 Å². The molecule has 0 atom stereocenters. The van der Waals surface area contributed by atoms with E-state index in [1.54, 1.807) is 0 Å². The highest BCUT2D eigenvalue weighted by Crippen LogP contribution is 2.31. The lowest BCUT2D eigenvalue weighted by atomic mass is 10.2. The van der Waals surface area contributed by atoms with Crippen LogP contribution in [0.2, 0.25) is 0 Å². The van der Waals surface area contributed by atoms with Crippen LogP contribution in [0.25, 0.3) is 0 Å². The van der Waals surface area contributed by atoms with Gasteiger partial charge < -0.3 is 5.32 Å². The first-order chi connectivity index (χ1) is 8.86. The standard InChI is InChI=1S/C13H8F5N/c14-9-4-5-12(11(15)7-9)19-10-3-1-2-8(6-10)13(16,17)18/h1-7,19H. The second-order valence-electron chi connectivity index (χ2n) is 3.83. The third-order valence-corrected chi connectivity index (χ3v) is 2.40. The van der Waals surface area contributed by atoms with Crippen molar-refractivity contribution >= 4 is 11.4 Å². The van der Waals surface area contributed by atoms with Crippen molar-refractivity contribution in [1.82, 2.24) is 0 Å². The first kappa shape index (κ1) is 13.3. The zero-order valence-corrected chi connectivity index (χ0v) is 9.43. The minimum Gasteiger partial charge on any atom is -0.353 e. The highest BCUT2D eigenvalue weighted by molar-refractivity contribution is 5.61. The van der Waals surface area contributed by atoms with Gasteiger partial charge in [-0.15, -0.1) is 0 Å². The summed E-state index contributed by atoms with van der Waals surface area (Å²) in [5, 5.41) is 2.47. The summed E-state index contributed by atoms with van der Waals surface area (Å²) in [5.74, 6) is -1.63. The second-order valence-corrected chi connectivity index (χ2v) is 3.83. The molecule has 1 nitrogen and oxygen atoms in total. The molecule has 19 heavy (non-hydrogen) atoms. The average Bonchev–Trinajstić information content (AvgIpc) is 2.32. The number of halogens is 5. The van der Waals surface area contributed by atoms with Crippen LogP contribution in [0.5, 0.6) is 0 Å². The lowest BCUT2D eigenvalue weighted by Crippen LogP contribution is -2.05. The molecular weight excluding hydrogens is 265 g/mol. The topological polar surface area (TPSA) is 12.0 Å². The molecule has 0 spiro atoms. The molecule has 0 aliphatic rings. The Balaban J connectivity index is 2.29. The number of hydrogen-bond acceptors (Lipinski definition) is 1. The van der Waals surface area contributed by atoms with Crippen molar-refractivity contribution in [3.8, 4) is 0 Å². The molecule has 0 aliphatic heterocycles. The van der Waals surface area contributed by atoms with Gasteiger partial charge in [-0.3, -0.25) is 0 Å². The van der Waals surface area contributed by atoms with Crippen molar-refractivity contribution < 1.29 is 22.0 Å². The molecule has 0 aliphatic carbocycles. The zero-order valence-electron chi connectivity index (χ0n) is 9.43. The van der Waals surface area contributed by atoms with E-state index in [2.05, 4.69) is 5.32 Å². The van der Waals surface area contributed by atoms with Gasteiger partial charge in [0.25, 0.3) is 0 Å². The van der Waals surface area contributed by atoms with Crippen LogP contribution in [0.15, 0.2) is 42.5 Å². The van der Waals surface area contributed by atoms with E-state index in [9.17, 15) is 22.0 Å². The molecule has 100 valence electrons. The van der Waals surface area contributed by atoms with Crippen molar-refractivity contribution in [2.24, 2.45) is 0 Å². The van der Waals surface area contributed by atoms with Gasteiger partial charge in [-0.1, -0.05) is 6.07 Å². The van der Waals surface area contributed by atoms with Crippen LogP contribution in [0, 0.1) is 11.6 Å². The molecular formula is C13H8F5N. The molecule has 6 heteroatoms. The Morgan fingerprint density at radius 1 is 0.895 bits per heavy atom. The molecule has 0 saturated heterocycles. The molecule has 0 bridgehead atoms. The summed E-state index contributed by atoms with van der Waals surface area (Å²) < 4.78 is 63.5. The van der Waals surface area contributed by atoms with Crippen LogP contribution < -0.4 is 5.32 Å². The minimum absolute atomic E-state index is 0.0698. The molecule has 0 amide bonds. The first-order valence-electron chi connectivity index (χ1n) is 5.25. The second kappa shape index (κ2) is 4.87. The average molecular weight is 273 g/mol. The van der Waals surface area contributed by atoms with E-state index in [1.165, 1.54) is 12.1 Å². The van der Waals surface area contributed by atoms with Gasteiger partial charge in [-0.2, -0.15) is 13.2 Å². The largest absolute Gasteiger partial charge is 0.416 e. The number of alkyl halides is 3. The summed E-state index contributed by atoms with van der Waals surface area (Å²) in [6.07, 6.45) is -4.47. The smallest absolute Gasteiger partial charge is 0.353 e. The normalized spacial score (nSPS) is 11.4. The molecule has 0 heterocycles. The fourth-order valence-electron chi connectivity index (χ4n) is 1.52. The quantitative estimate of drug-likeness (QED) is 0.780. The van der Waals surface area contributed by atoms with E-state index in [0.29, 0.717) is 6.07 Å². The van der Waals surface area contributed by atoms with E-state index in [1.807, 2.05) is 0 Å². The Bertz CT molecular complexity index is 592. The highest BCUT2D eigenvalue weighted by Gasteiger charge is 2.30. The summed E-state index contributed by atoms with van der Waals surface area (Å²) in [6, 6.07) is 7.10. The molecule has 0 aromatic heterocycles. The molecule has 2 aromatic rings. The van der Waals surface area contributed by atoms with E-state index in [4.69, 9.17) is 0 Å². The third kappa shape index (κ3) is 3.21. The summed E-state index contributed by atoms with van der Waals surface area (Å²) in [4.78, 5) is 0. The van der Waals surface area contributed by atoms with Crippen LogP contribution >= 0.6 is 0 Å². The molecule has 2 rings (SSSR count). The molecule has 0 saturated carbocycles. The first-order valence-corrected chi connectivity index (χ1v) is 5.25. The number of rotatable bonds is 2. The van der Waals surface area contributed by atoms with Crippen molar-refractivity contribution in [1.29, 1.82) is 0 Å². The van der Waals surface area contributed by atoms with Crippen LogP contribution in [0.1, 0.15) is 5.56 Å². The van der Waals surface area contributed by atoms with Gasteiger partial charge in [0.05, 0.1) is 11.3 Å². The SMILES string of the molecule is Fc1ccc(Nc2cccc(C(F)(F)F)c2)c(F)c1. The number of anilines is 2. The lowest BCUT2D eigenvalue weighted by Gasteiger charge is -2.11. The monoisotopic (exact) mass is 273 g/mol. The number of hydrogen-bond donors (Lipinski definition) is 1. The van der Waals surface area contributed by atoms with E-state index in [-0.39, 0.29) is 11.4 Å². The molecule has 0 radical (unpaired) electrons. The Kier molecular flexibility index (Phi) is 3.42. The predicted molar refractivity (Wildman–Crippen MR) is 61.1 cm³/mol. The molecule has 0 unspecified atom stereocenters. The predicted octanol–water partition coefficient (Wildman–Crippen LogP) is 4.73. The molecule has 1 N–H and O–H groups in total. The van der Waals surface area contributed by atoms with E-state index < -0.39 is 23.4 Å². The fourth-order valence-corrected chi connectivity index (χ4v) is 1.52. The van der Waals surface area contributed by atoms with Crippen molar-refractivity contribution in [2.75, 3.05) is 5.32 Å². The lowest BCUT2D eigenvalue weighted by molar-refractivity contribution is -0.137. The van der Waals surface area contributed by atoms with Gasteiger partial charge >= 0.3 is 6.18 Å². The maximum atomic E-state index is 13.3. The van der Waals surface area contributed by atoms with Crippen LogP contribution in [0.3, 0.4) is 0 Å². The number of benzene rings is 2. The summed E-state index contributed by atoms with van der Waals surface area (Å²) in [5.41, 5.74) is -0.874. The van der Waals surface area contributed by atoms with Crippen LogP contribution in [-0.2, 0) is 6.18 Å². The Morgan fingerprint density at radius 3 is 2.26 bits per heavy atom. The molecule has 0 fully saturated rings. The van der Waals surface area contributed by atoms with E-state index >= 15 is 0 Å². The van der Waals surface area contributed by atoms with Gasteiger partial charge in [0.15, 0.2) is 0 Å². The van der Waals surface area contributed by atoms with Crippen LogP contribution in [0.4, 0.5) is 33.3 Å². The number of nitrogens with one attached hydrogen (secondary N) is 1. The Labute approximate surface area is 105 Å².